The van der Waals surface area contributed by atoms with Crippen LogP contribution in [0.2, 0.25) is 0 Å². The van der Waals surface area contributed by atoms with Gasteiger partial charge in [-0.3, -0.25) is 0 Å². The molecule has 0 bridgehead atoms. The van der Waals surface area contributed by atoms with E-state index in [-0.39, 0.29) is 17.6 Å². The van der Waals surface area contributed by atoms with Crippen molar-refractivity contribution in [2.75, 3.05) is 0 Å². The van der Waals surface area contributed by atoms with E-state index in [9.17, 15) is 15.3 Å². The van der Waals surface area contributed by atoms with Crippen molar-refractivity contribution < 1.29 is 15.3 Å². The minimum absolute atomic E-state index is 0.184. The van der Waals surface area contributed by atoms with Crippen molar-refractivity contribution in [3.63, 3.8) is 0 Å². The summed E-state index contributed by atoms with van der Waals surface area (Å²) in [5, 5.41) is 31.4. The van der Waals surface area contributed by atoms with Crippen LogP contribution >= 0.6 is 0 Å². The van der Waals surface area contributed by atoms with Crippen LogP contribution < -0.4 is 0 Å². The lowest BCUT2D eigenvalue weighted by molar-refractivity contribution is -0.0931. The van der Waals surface area contributed by atoms with Crippen LogP contribution in [0.1, 0.15) is 106 Å². The third-order valence-electron chi connectivity index (χ3n) is 9.64. The fourth-order valence-corrected chi connectivity index (χ4v) is 7.99. The van der Waals surface area contributed by atoms with Gasteiger partial charge in [-0.2, -0.15) is 0 Å². The number of aliphatic hydroxyl groups excluding tert-OH is 2. The van der Waals surface area contributed by atoms with Crippen molar-refractivity contribution in [3.05, 3.63) is 11.6 Å². The maximum absolute atomic E-state index is 11.2. The minimum atomic E-state index is -0.558. The summed E-state index contributed by atoms with van der Waals surface area (Å²) in [4.78, 5) is 0. The van der Waals surface area contributed by atoms with E-state index in [4.69, 9.17) is 0 Å². The summed E-state index contributed by atoms with van der Waals surface area (Å²) >= 11 is 0. The molecule has 0 amide bonds. The van der Waals surface area contributed by atoms with Gasteiger partial charge >= 0.3 is 0 Å². The lowest BCUT2D eigenvalue weighted by atomic mass is 9.46. The Morgan fingerprint density at radius 2 is 1.70 bits per heavy atom. The zero-order valence-corrected chi connectivity index (χ0v) is 20.5. The third-order valence-corrected chi connectivity index (χ3v) is 9.64. The molecular formula is C27H48O3. The van der Waals surface area contributed by atoms with Gasteiger partial charge in [0.1, 0.15) is 0 Å². The highest BCUT2D eigenvalue weighted by molar-refractivity contribution is 5.27. The van der Waals surface area contributed by atoms with E-state index < -0.39 is 5.60 Å². The summed E-state index contributed by atoms with van der Waals surface area (Å²) in [6.45, 7) is 12.8. The Balaban J connectivity index is 0.00000124. The molecular weight excluding hydrogens is 372 g/mol. The van der Waals surface area contributed by atoms with E-state index in [0.717, 1.165) is 38.0 Å². The van der Waals surface area contributed by atoms with Crippen LogP contribution in [0.5, 0.6) is 0 Å². The molecule has 3 heteroatoms. The van der Waals surface area contributed by atoms with E-state index in [0.29, 0.717) is 23.2 Å². The van der Waals surface area contributed by atoms with Gasteiger partial charge in [-0.05, 0) is 106 Å². The van der Waals surface area contributed by atoms with Gasteiger partial charge in [0.05, 0.1) is 17.8 Å². The topological polar surface area (TPSA) is 60.7 Å². The average molecular weight is 421 g/mol. The minimum Gasteiger partial charge on any atom is -0.393 e. The van der Waals surface area contributed by atoms with E-state index in [2.05, 4.69) is 19.9 Å². The molecule has 4 rings (SSSR count). The second-order valence-electron chi connectivity index (χ2n) is 11.8. The summed E-state index contributed by atoms with van der Waals surface area (Å²) in [6, 6.07) is 0. The van der Waals surface area contributed by atoms with Crippen molar-refractivity contribution in [2.24, 2.45) is 34.5 Å². The molecule has 0 aliphatic heterocycles. The molecule has 0 aromatic carbocycles. The van der Waals surface area contributed by atoms with Crippen molar-refractivity contribution >= 4 is 0 Å². The van der Waals surface area contributed by atoms with Crippen molar-refractivity contribution in [1.82, 2.24) is 0 Å². The highest BCUT2D eigenvalue weighted by Gasteiger charge is 2.60. The summed E-state index contributed by atoms with van der Waals surface area (Å²) < 4.78 is 0. The first-order valence-corrected chi connectivity index (χ1v) is 12.8. The van der Waals surface area contributed by atoms with E-state index in [1.165, 1.54) is 37.7 Å². The zero-order chi connectivity index (χ0) is 22.3. The Labute approximate surface area is 185 Å². The normalized spacial score (nSPS) is 45.4. The van der Waals surface area contributed by atoms with Crippen LogP contribution in [0.25, 0.3) is 0 Å². The summed E-state index contributed by atoms with van der Waals surface area (Å²) in [6.07, 6.45) is 12.6. The highest BCUT2D eigenvalue weighted by atomic mass is 16.3. The van der Waals surface area contributed by atoms with Gasteiger partial charge in [0.15, 0.2) is 0 Å². The Kier molecular flexibility index (Phi) is 7.17. The summed E-state index contributed by atoms with van der Waals surface area (Å²) in [5.41, 5.74) is 1.31. The number of hydrogen-bond acceptors (Lipinski definition) is 3. The molecule has 7 unspecified atom stereocenters. The first-order valence-electron chi connectivity index (χ1n) is 12.8. The van der Waals surface area contributed by atoms with Crippen LogP contribution in [0, 0.1) is 34.5 Å². The molecule has 174 valence electrons. The molecule has 3 N–H and O–H groups in total. The largest absolute Gasteiger partial charge is 0.393 e. The van der Waals surface area contributed by atoms with E-state index in [1.807, 2.05) is 27.7 Å². The molecule has 4 aliphatic carbocycles. The van der Waals surface area contributed by atoms with Crippen molar-refractivity contribution in [2.45, 2.75) is 124 Å². The molecule has 8 atom stereocenters. The Morgan fingerprint density at radius 3 is 2.37 bits per heavy atom. The van der Waals surface area contributed by atoms with Crippen LogP contribution in [-0.2, 0) is 0 Å². The van der Waals surface area contributed by atoms with Gasteiger partial charge in [0, 0.05) is 0 Å². The molecule has 0 saturated heterocycles. The van der Waals surface area contributed by atoms with Crippen LogP contribution in [0.4, 0.5) is 0 Å². The lowest BCUT2D eigenvalue weighted by Gasteiger charge is -2.59. The van der Waals surface area contributed by atoms with Crippen LogP contribution in [-0.4, -0.2) is 33.1 Å². The van der Waals surface area contributed by atoms with Gasteiger partial charge in [0.25, 0.3) is 0 Å². The molecule has 0 aromatic rings. The molecule has 3 nitrogen and oxygen atoms in total. The van der Waals surface area contributed by atoms with E-state index >= 15 is 0 Å². The predicted molar refractivity (Wildman–Crippen MR) is 124 cm³/mol. The molecule has 0 radical (unpaired) electrons. The van der Waals surface area contributed by atoms with Gasteiger partial charge in [-0.25, -0.2) is 0 Å². The third kappa shape index (κ3) is 4.28. The lowest BCUT2D eigenvalue weighted by Crippen LogP contribution is -2.54. The van der Waals surface area contributed by atoms with Gasteiger partial charge in [0.2, 0.25) is 0 Å². The van der Waals surface area contributed by atoms with Crippen LogP contribution in [0.15, 0.2) is 11.6 Å². The second-order valence-corrected chi connectivity index (χ2v) is 11.8. The Hall–Kier alpha value is -0.380. The summed E-state index contributed by atoms with van der Waals surface area (Å²) in [7, 11) is 0. The fourth-order valence-electron chi connectivity index (χ4n) is 7.99. The fraction of sp³-hybridized carbons (Fsp3) is 0.926. The quantitative estimate of drug-likeness (QED) is 0.499. The average Bonchev–Trinajstić information content (AvgIpc) is 3.00. The monoisotopic (exact) mass is 420 g/mol. The molecule has 0 aromatic heterocycles. The maximum Gasteiger partial charge on any atom is 0.0757 e. The Bertz CT molecular complexity index is 620. The summed E-state index contributed by atoms with van der Waals surface area (Å²) in [5.74, 6) is 2.32. The zero-order valence-electron chi connectivity index (χ0n) is 20.5. The standard InChI is InChI=1S/C25H42O3.C2H6/c1-23(2,28)11-5-6-16-7-8-19-22-20(10-13-24(16,19)3)25(4)12-9-18(26)14-17(25)15-21(22)27;1-2/h15-16,18-22,26-28H,5-14H2,1-4H3;1-2H3/t16-,18?,19?,20?,21?,22?,24?,25?;/m0./s1. The number of fused-ring (bicyclic) bond motifs is 5. The first kappa shape index (κ1) is 24.3. The molecule has 3 saturated carbocycles. The number of hydrogen-bond donors (Lipinski definition) is 3. The van der Waals surface area contributed by atoms with Crippen LogP contribution in [0.3, 0.4) is 0 Å². The van der Waals surface area contributed by atoms with Gasteiger partial charge in [-0.15, -0.1) is 0 Å². The van der Waals surface area contributed by atoms with Gasteiger partial charge in [-0.1, -0.05) is 45.8 Å². The molecule has 0 spiro atoms. The number of rotatable bonds is 4. The maximum atomic E-state index is 11.2. The molecule has 0 heterocycles. The smallest absolute Gasteiger partial charge is 0.0757 e. The molecule has 30 heavy (non-hydrogen) atoms. The SMILES string of the molecule is CC.CC(C)(O)CCC[C@H]1CCC2C3C(O)C=C4CC(O)CCC4(C)C3CCC21C. The molecule has 3 fully saturated rings. The van der Waals surface area contributed by atoms with E-state index in [1.54, 1.807) is 0 Å². The first-order chi connectivity index (χ1) is 14.0. The van der Waals surface area contributed by atoms with Gasteiger partial charge < -0.3 is 15.3 Å². The highest BCUT2D eigenvalue weighted by Crippen LogP contribution is 2.66. The van der Waals surface area contributed by atoms with Crippen molar-refractivity contribution in [3.8, 4) is 0 Å². The number of aliphatic hydroxyl groups is 3. The second kappa shape index (κ2) is 8.87. The predicted octanol–water partition coefficient (Wildman–Crippen LogP) is 5.86. The molecule has 4 aliphatic rings. The van der Waals surface area contributed by atoms with Crippen molar-refractivity contribution in [1.29, 1.82) is 0 Å². The Morgan fingerprint density at radius 1 is 1.00 bits per heavy atom.